The van der Waals surface area contributed by atoms with Crippen LogP contribution in [0, 0.1) is 5.82 Å². The standard InChI is InChI=1S/C10H13FN2O2S/c1-2-13-10(14)6-16(15)9-4-3-7(11)5-8(9)12/h3-5H,2,6,12H2,1H3,(H,13,14). The highest BCUT2D eigenvalue weighted by atomic mass is 32.2. The molecule has 4 nitrogen and oxygen atoms in total. The first kappa shape index (κ1) is 12.6. The van der Waals surface area contributed by atoms with Gasteiger partial charge in [0, 0.05) is 6.54 Å². The molecule has 0 aromatic heterocycles. The van der Waals surface area contributed by atoms with Gasteiger partial charge in [0.1, 0.15) is 11.6 Å². The van der Waals surface area contributed by atoms with E-state index in [4.69, 9.17) is 5.73 Å². The van der Waals surface area contributed by atoms with E-state index in [1.807, 2.05) is 0 Å². The van der Waals surface area contributed by atoms with Crippen LogP contribution in [-0.2, 0) is 15.6 Å². The van der Waals surface area contributed by atoms with Gasteiger partial charge in [-0.15, -0.1) is 0 Å². The number of rotatable bonds is 4. The summed E-state index contributed by atoms with van der Waals surface area (Å²) in [5, 5.41) is 2.53. The second kappa shape index (κ2) is 5.60. The van der Waals surface area contributed by atoms with Crippen molar-refractivity contribution < 1.29 is 13.4 Å². The zero-order valence-corrected chi connectivity index (χ0v) is 9.64. The average Bonchev–Trinajstić information content (AvgIpc) is 2.17. The van der Waals surface area contributed by atoms with Crippen molar-refractivity contribution >= 4 is 22.4 Å². The molecule has 0 saturated carbocycles. The topological polar surface area (TPSA) is 72.2 Å². The zero-order chi connectivity index (χ0) is 12.1. The van der Waals surface area contributed by atoms with Gasteiger partial charge in [-0.3, -0.25) is 9.00 Å². The molecule has 0 fully saturated rings. The van der Waals surface area contributed by atoms with Gasteiger partial charge < -0.3 is 11.1 Å². The zero-order valence-electron chi connectivity index (χ0n) is 8.83. The molecule has 0 aliphatic heterocycles. The first-order valence-electron chi connectivity index (χ1n) is 4.74. The quantitative estimate of drug-likeness (QED) is 0.764. The Morgan fingerprint density at radius 3 is 2.81 bits per heavy atom. The van der Waals surface area contributed by atoms with Crippen LogP contribution in [0.15, 0.2) is 23.1 Å². The van der Waals surface area contributed by atoms with Gasteiger partial charge in [0.25, 0.3) is 0 Å². The molecule has 1 atom stereocenters. The lowest BCUT2D eigenvalue weighted by Crippen LogP contribution is -2.28. The lowest BCUT2D eigenvalue weighted by Gasteiger charge is -2.05. The van der Waals surface area contributed by atoms with E-state index in [-0.39, 0.29) is 22.2 Å². The van der Waals surface area contributed by atoms with Gasteiger partial charge in [-0.05, 0) is 25.1 Å². The summed E-state index contributed by atoms with van der Waals surface area (Å²) in [6, 6.07) is 3.59. The fourth-order valence-electron chi connectivity index (χ4n) is 1.17. The lowest BCUT2D eigenvalue weighted by molar-refractivity contribution is -0.118. The summed E-state index contributed by atoms with van der Waals surface area (Å²) in [6.45, 7) is 2.25. The summed E-state index contributed by atoms with van der Waals surface area (Å²) in [6.07, 6.45) is 0. The van der Waals surface area contributed by atoms with Crippen LogP contribution in [0.1, 0.15) is 6.92 Å². The summed E-state index contributed by atoms with van der Waals surface area (Å²) in [7, 11) is -1.54. The van der Waals surface area contributed by atoms with Gasteiger partial charge in [0.2, 0.25) is 5.91 Å². The molecule has 1 unspecified atom stereocenters. The molecule has 0 aliphatic carbocycles. The Kier molecular flexibility index (Phi) is 4.42. The molecule has 3 N–H and O–H groups in total. The molecule has 1 amide bonds. The summed E-state index contributed by atoms with van der Waals surface area (Å²) in [5.74, 6) is -0.968. The van der Waals surface area contributed by atoms with Crippen molar-refractivity contribution in [2.45, 2.75) is 11.8 Å². The van der Waals surface area contributed by atoms with Crippen molar-refractivity contribution in [2.24, 2.45) is 0 Å². The van der Waals surface area contributed by atoms with Crippen LogP contribution in [0.5, 0.6) is 0 Å². The van der Waals surface area contributed by atoms with E-state index < -0.39 is 16.6 Å². The van der Waals surface area contributed by atoms with Gasteiger partial charge in [-0.2, -0.15) is 0 Å². The van der Waals surface area contributed by atoms with Crippen molar-refractivity contribution in [1.82, 2.24) is 5.32 Å². The highest BCUT2D eigenvalue weighted by Crippen LogP contribution is 2.17. The van der Waals surface area contributed by atoms with Crippen LogP contribution in [-0.4, -0.2) is 22.4 Å². The SMILES string of the molecule is CCNC(=O)CS(=O)c1ccc(F)cc1N. The number of carbonyl (C=O) groups is 1. The van der Waals surface area contributed by atoms with Crippen LogP contribution < -0.4 is 11.1 Å². The smallest absolute Gasteiger partial charge is 0.232 e. The number of nitrogens with one attached hydrogen (secondary N) is 1. The number of anilines is 1. The number of nitrogen functional groups attached to an aromatic ring is 1. The Morgan fingerprint density at radius 1 is 1.56 bits per heavy atom. The van der Waals surface area contributed by atoms with Crippen molar-refractivity contribution in [1.29, 1.82) is 0 Å². The second-order valence-electron chi connectivity index (χ2n) is 3.13. The Bertz CT molecular complexity index is 423. The Balaban J connectivity index is 2.77. The van der Waals surface area contributed by atoms with Crippen LogP contribution in [0.4, 0.5) is 10.1 Å². The van der Waals surface area contributed by atoms with E-state index in [0.717, 1.165) is 6.07 Å². The minimum atomic E-state index is -1.54. The van der Waals surface area contributed by atoms with Gasteiger partial charge in [0.15, 0.2) is 0 Å². The predicted molar refractivity (Wildman–Crippen MR) is 60.8 cm³/mol. The molecule has 1 aromatic rings. The molecule has 6 heteroatoms. The molecule has 88 valence electrons. The number of amides is 1. The maximum atomic E-state index is 12.7. The molecule has 16 heavy (non-hydrogen) atoms. The van der Waals surface area contributed by atoms with Crippen LogP contribution in [0.2, 0.25) is 0 Å². The largest absolute Gasteiger partial charge is 0.398 e. The summed E-state index contributed by atoms with van der Waals surface area (Å²) in [5.41, 5.74) is 5.61. The molecule has 0 radical (unpaired) electrons. The molecule has 1 aromatic carbocycles. The highest BCUT2D eigenvalue weighted by Gasteiger charge is 2.12. The number of hydrogen-bond donors (Lipinski definition) is 2. The predicted octanol–water partition coefficient (Wildman–Crippen LogP) is 0.652. The summed E-state index contributed by atoms with van der Waals surface area (Å²) in [4.78, 5) is 11.5. The molecular formula is C10H13FN2O2S. The fourth-order valence-corrected chi connectivity index (χ4v) is 2.21. The number of carbonyl (C=O) groups excluding carboxylic acids is 1. The van der Waals surface area contributed by atoms with E-state index in [1.54, 1.807) is 6.92 Å². The van der Waals surface area contributed by atoms with Crippen LogP contribution >= 0.6 is 0 Å². The average molecular weight is 244 g/mol. The van der Waals surface area contributed by atoms with E-state index in [0.29, 0.717) is 6.54 Å². The van der Waals surface area contributed by atoms with Gasteiger partial charge in [-0.25, -0.2) is 4.39 Å². The molecule has 0 bridgehead atoms. The third-order valence-electron chi connectivity index (χ3n) is 1.85. The van der Waals surface area contributed by atoms with Crippen molar-refractivity contribution in [3.8, 4) is 0 Å². The number of nitrogens with two attached hydrogens (primary N) is 1. The number of benzene rings is 1. The third-order valence-corrected chi connectivity index (χ3v) is 3.24. The number of halogens is 1. The van der Waals surface area contributed by atoms with Gasteiger partial charge >= 0.3 is 0 Å². The van der Waals surface area contributed by atoms with Gasteiger partial charge in [-0.1, -0.05) is 0 Å². The third kappa shape index (κ3) is 3.30. The minimum absolute atomic E-state index is 0.0997. The normalized spacial score (nSPS) is 12.1. The molecule has 0 heterocycles. The molecule has 0 saturated heterocycles. The second-order valence-corrected chi connectivity index (χ2v) is 4.55. The maximum Gasteiger partial charge on any atom is 0.232 e. The van der Waals surface area contributed by atoms with E-state index in [1.165, 1.54) is 12.1 Å². The van der Waals surface area contributed by atoms with E-state index >= 15 is 0 Å². The Hall–Kier alpha value is -1.43. The lowest BCUT2D eigenvalue weighted by atomic mass is 10.3. The van der Waals surface area contributed by atoms with Crippen LogP contribution in [0.25, 0.3) is 0 Å². The summed E-state index contributed by atoms with van der Waals surface area (Å²) < 4.78 is 24.4. The molecule has 0 spiro atoms. The monoisotopic (exact) mass is 244 g/mol. The Morgan fingerprint density at radius 2 is 2.25 bits per heavy atom. The maximum absolute atomic E-state index is 12.7. The highest BCUT2D eigenvalue weighted by molar-refractivity contribution is 7.86. The molecule has 1 rings (SSSR count). The Labute approximate surface area is 95.5 Å². The number of hydrogen-bond acceptors (Lipinski definition) is 3. The van der Waals surface area contributed by atoms with Crippen molar-refractivity contribution in [2.75, 3.05) is 18.0 Å². The van der Waals surface area contributed by atoms with Crippen molar-refractivity contribution in [3.05, 3.63) is 24.0 Å². The molecule has 0 aliphatic rings. The first-order chi connectivity index (χ1) is 7.54. The first-order valence-corrected chi connectivity index (χ1v) is 6.06. The summed E-state index contributed by atoms with van der Waals surface area (Å²) >= 11 is 0. The van der Waals surface area contributed by atoms with Gasteiger partial charge in [0.05, 0.1) is 21.4 Å². The van der Waals surface area contributed by atoms with E-state index in [2.05, 4.69) is 5.32 Å². The fraction of sp³-hybridized carbons (Fsp3) is 0.300. The molecular weight excluding hydrogens is 231 g/mol. The van der Waals surface area contributed by atoms with Crippen LogP contribution in [0.3, 0.4) is 0 Å². The minimum Gasteiger partial charge on any atom is -0.398 e. The van der Waals surface area contributed by atoms with E-state index in [9.17, 15) is 13.4 Å². The van der Waals surface area contributed by atoms with Crippen molar-refractivity contribution in [3.63, 3.8) is 0 Å².